The molecule has 0 amide bonds. The number of hydrogen-bond acceptors (Lipinski definition) is 9. The summed E-state index contributed by atoms with van der Waals surface area (Å²) in [6.45, 7) is 15.9. The molecule has 2 N–H and O–H groups in total. The van der Waals surface area contributed by atoms with Gasteiger partial charge in [0.1, 0.15) is 6.10 Å². The lowest BCUT2D eigenvalue weighted by Gasteiger charge is -2.61. The Morgan fingerprint density at radius 1 is 1.16 bits per heavy atom. The molecule has 38 heavy (non-hydrogen) atoms. The van der Waals surface area contributed by atoms with E-state index in [9.17, 15) is 24.6 Å². The number of carbonyl (C=O) groups excluding carboxylic acids is 3. The molecule has 3 rings (SSSR count). The summed E-state index contributed by atoms with van der Waals surface area (Å²) in [5.74, 6) is -2.48. The molecular formula is C29H42O9. The molecule has 2 aliphatic carbocycles. The molecule has 1 saturated carbocycles. The van der Waals surface area contributed by atoms with Crippen LogP contribution in [0.2, 0.25) is 0 Å². The average molecular weight is 535 g/mol. The van der Waals surface area contributed by atoms with Gasteiger partial charge in [-0.1, -0.05) is 52.0 Å². The fourth-order valence-corrected chi connectivity index (χ4v) is 6.46. The first-order valence-corrected chi connectivity index (χ1v) is 13.2. The number of aliphatic hydroxyl groups excluding tert-OH is 2. The molecule has 1 aliphatic heterocycles. The van der Waals surface area contributed by atoms with Gasteiger partial charge in [-0.05, 0) is 49.0 Å². The summed E-state index contributed by atoms with van der Waals surface area (Å²) in [5.41, 5.74) is -0.857. The molecule has 2 fully saturated rings. The van der Waals surface area contributed by atoms with Gasteiger partial charge in [0.05, 0.1) is 17.6 Å². The number of aliphatic hydroxyl groups is 2. The van der Waals surface area contributed by atoms with Crippen LogP contribution in [0, 0.1) is 28.6 Å². The van der Waals surface area contributed by atoms with Crippen LogP contribution in [0.4, 0.5) is 0 Å². The average Bonchev–Trinajstić information content (AvgIpc) is 3.11. The first-order valence-electron chi connectivity index (χ1n) is 13.2. The Labute approximate surface area is 224 Å². The van der Waals surface area contributed by atoms with Crippen LogP contribution in [-0.4, -0.2) is 59.0 Å². The van der Waals surface area contributed by atoms with Crippen molar-refractivity contribution >= 4 is 17.9 Å². The number of carbonyl (C=O) groups is 3. The Bertz CT molecular complexity index is 1010. The maximum atomic E-state index is 12.7. The van der Waals surface area contributed by atoms with E-state index in [2.05, 4.69) is 6.58 Å². The van der Waals surface area contributed by atoms with E-state index < -0.39 is 65.5 Å². The standard InChI is InChI=1S/C29H42O9/c1-9-16(4)10-11-28(8)17(5)24(33)25(34)29-21(26(35-18(6)30)38-27(29)36-19(7)31)13-20(14-22(28)29)37-23(32)12-15(2)3/h9-10,13,15,17,20,22,24-27,33-34H,1,11-12,14H2,2-8H3/t17-,20+,22+,24-,25+,26+,27-,28-,29-/m1/s1. The van der Waals surface area contributed by atoms with Gasteiger partial charge in [0.2, 0.25) is 12.6 Å². The van der Waals surface area contributed by atoms with Gasteiger partial charge in [-0.25, -0.2) is 0 Å². The molecule has 9 heteroatoms. The lowest BCUT2D eigenvalue weighted by Crippen LogP contribution is -2.68. The molecule has 0 aromatic heterocycles. The van der Waals surface area contributed by atoms with Crippen LogP contribution in [0.5, 0.6) is 0 Å². The maximum Gasteiger partial charge on any atom is 0.306 e. The highest BCUT2D eigenvalue weighted by Gasteiger charge is 2.73. The summed E-state index contributed by atoms with van der Waals surface area (Å²) in [6.07, 6.45) is 0.417. The van der Waals surface area contributed by atoms with Crippen molar-refractivity contribution in [2.75, 3.05) is 0 Å². The van der Waals surface area contributed by atoms with Gasteiger partial charge >= 0.3 is 17.9 Å². The Kier molecular flexibility index (Phi) is 8.95. The quantitative estimate of drug-likeness (QED) is 0.208. The SMILES string of the molecule is C=CC(C)=CC[C@]1(C)[C@H](C)[C@@H](O)[C@H](O)[C@@]23C(=C[C@H](OC(=O)CC(C)C)C[C@@H]12)[C@@H](OC(C)=O)O[C@H]3OC(C)=O. The van der Waals surface area contributed by atoms with Gasteiger partial charge in [-0.2, -0.15) is 0 Å². The van der Waals surface area contributed by atoms with E-state index in [1.807, 2.05) is 40.7 Å². The highest BCUT2D eigenvalue weighted by atomic mass is 16.8. The zero-order valence-corrected chi connectivity index (χ0v) is 23.4. The lowest BCUT2D eigenvalue weighted by atomic mass is 9.44. The molecule has 1 saturated heterocycles. The maximum absolute atomic E-state index is 12.7. The number of hydrogen-bond donors (Lipinski definition) is 2. The van der Waals surface area contributed by atoms with Crippen LogP contribution in [0.3, 0.4) is 0 Å². The minimum Gasteiger partial charge on any atom is -0.458 e. The van der Waals surface area contributed by atoms with Gasteiger partial charge in [-0.3, -0.25) is 19.1 Å². The van der Waals surface area contributed by atoms with Gasteiger partial charge in [0, 0.05) is 25.8 Å². The predicted molar refractivity (Wildman–Crippen MR) is 138 cm³/mol. The highest BCUT2D eigenvalue weighted by Crippen LogP contribution is 2.67. The molecule has 0 unspecified atom stereocenters. The topological polar surface area (TPSA) is 129 Å². The molecule has 0 aromatic rings. The normalized spacial score (nSPS) is 38.5. The van der Waals surface area contributed by atoms with Gasteiger partial charge in [0.25, 0.3) is 0 Å². The molecule has 0 aromatic carbocycles. The van der Waals surface area contributed by atoms with E-state index in [1.54, 1.807) is 12.2 Å². The first kappa shape index (κ1) is 30.1. The van der Waals surface area contributed by atoms with Crippen molar-refractivity contribution in [2.24, 2.45) is 28.6 Å². The smallest absolute Gasteiger partial charge is 0.306 e. The largest absolute Gasteiger partial charge is 0.458 e. The monoisotopic (exact) mass is 534 g/mol. The molecule has 9 atom stereocenters. The van der Waals surface area contributed by atoms with E-state index in [0.29, 0.717) is 12.0 Å². The van der Waals surface area contributed by atoms with E-state index in [4.69, 9.17) is 18.9 Å². The van der Waals surface area contributed by atoms with Crippen LogP contribution in [0.15, 0.2) is 36.0 Å². The summed E-state index contributed by atoms with van der Waals surface area (Å²) < 4.78 is 23.0. The number of allylic oxidation sites excluding steroid dienone is 3. The Morgan fingerprint density at radius 2 is 1.79 bits per heavy atom. The third-order valence-corrected chi connectivity index (χ3v) is 8.55. The second-order valence-electron chi connectivity index (χ2n) is 11.6. The fraction of sp³-hybridized carbons (Fsp3) is 0.690. The third-order valence-electron chi connectivity index (χ3n) is 8.55. The van der Waals surface area contributed by atoms with Crippen LogP contribution in [0.25, 0.3) is 0 Å². The number of rotatable bonds is 8. The van der Waals surface area contributed by atoms with Gasteiger partial charge in [-0.15, -0.1) is 0 Å². The van der Waals surface area contributed by atoms with Crippen LogP contribution in [-0.2, 0) is 33.3 Å². The Morgan fingerprint density at radius 3 is 2.34 bits per heavy atom. The molecule has 0 bridgehead atoms. The highest BCUT2D eigenvalue weighted by molar-refractivity contribution is 5.70. The summed E-state index contributed by atoms with van der Waals surface area (Å²) in [5, 5.41) is 23.1. The van der Waals surface area contributed by atoms with Crippen molar-refractivity contribution in [1.29, 1.82) is 0 Å². The van der Waals surface area contributed by atoms with E-state index in [1.165, 1.54) is 13.8 Å². The minimum atomic E-state index is -1.44. The lowest BCUT2D eigenvalue weighted by molar-refractivity contribution is -0.273. The zero-order chi connectivity index (χ0) is 28.6. The van der Waals surface area contributed by atoms with Crippen molar-refractivity contribution in [3.05, 3.63) is 36.0 Å². The van der Waals surface area contributed by atoms with E-state index >= 15 is 0 Å². The van der Waals surface area contributed by atoms with E-state index in [0.717, 1.165) is 5.57 Å². The predicted octanol–water partition coefficient (Wildman–Crippen LogP) is 3.59. The molecule has 0 radical (unpaired) electrons. The second kappa shape index (κ2) is 11.3. The van der Waals surface area contributed by atoms with Crippen LogP contribution >= 0.6 is 0 Å². The summed E-state index contributed by atoms with van der Waals surface area (Å²) in [6, 6.07) is 0. The van der Waals surface area contributed by atoms with Crippen molar-refractivity contribution in [1.82, 2.24) is 0 Å². The van der Waals surface area contributed by atoms with Crippen molar-refractivity contribution < 1.29 is 43.5 Å². The molecule has 1 spiro atoms. The second-order valence-corrected chi connectivity index (χ2v) is 11.6. The van der Waals surface area contributed by atoms with Gasteiger partial charge in [0.15, 0.2) is 0 Å². The Hall–Kier alpha value is -2.49. The van der Waals surface area contributed by atoms with Gasteiger partial charge < -0.3 is 24.4 Å². The zero-order valence-electron chi connectivity index (χ0n) is 23.4. The molecular weight excluding hydrogens is 492 g/mol. The number of ether oxygens (including phenoxy) is 4. The van der Waals surface area contributed by atoms with Crippen LogP contribution in [0.1, 0.15) is 67.7 Å². The molecule has 3 aliphatic rings. The fourth-order valence-electron chi connectivity index (χ4n) is 6.46. The van der Waals surface area contributed by atoms with Crippen molar-refractivity contribution in [3.8, 4) is 0 Å². The summed E-state index contributed by atoms with van der Waals surface area (Å²) in [4.78, 5) is 36.9. The Balaban J connectivity index is 2.25. The third kappa shape index (κ3) is 5.33. The van der Waals surface area contributed by atoms with Crippen molar-refractivity contribution in [3.63, 3.8) is 0 Å². The summed E-state index contributed by atoms with van der Waals surface area (Å²) >= 11 is 0. The molecule has 1 heterocycles. The molecule has 9 nitrogen and oxygen atoms in total. The molecule has 212 valence electrons. The van der Waals surface area contributed by atoms with E-state index in [-0.39, 0.29) is 24.7 Å². The van der Waals surface area contributed by atoms with Crippen molar-refractivity contribution in [2.45, 2.75) is 98.6 Å². The first-order chi connectivity index (χ1) is 17.7. The summed E-state index contributed by atoms with van der Waals surface area (Å²) in [7, 11) is 0. The minimum absolute atomic E-state index is 0.0961. The van der Waals surface area contributed by atoms with Crippen LogP contribution < -0.4 is 0 Å². The number of esters is 3.